The Bertz CT molecular complexity index is 1120. The summed E-state index contributed by atoms with van der Waals surface area (Å²) in [6.07, 6.45) is 3.17. The molecule has 0 aromatic heterocycles. The predicted molar refractivity (Wildman–Crippen MR) is 129 cm³/mol. The summed E-state index contributed by atoms with van der Waals surface area (Å²) in [6.45, 7) is 3.48. The van der Waals surface area contributed by atoms with E-state index in [0.717, 1.165) is 21.1 Å². The number of methoxy groups -OCH3 is 1. The SMILES string of the molecule is C=CCOc1ccc(Br)cc1/C=C1/SC(=O)N(CC(=O)Nc2ccc(OC)c(Cl)c2)C1=O. The van der Waals surface area contributed by atoms with Gasteiger partial charge in [0, 0.05) is 15.7 Å². The van der Waals surface area contributed by atoms with Crippen LogP contribution in [-0.2, 0) is 9.59 Å². The van der Waals surface area contributed by atoms with Crippen LogP contribution in [0.15, 0.2) is 58.4 Å². The molecule has 1 N–H and O–H groups in total. The number of thioether (sulfide) groups is 1. The lowest BCUT2D eigenvalue weighted by atomic mass is 10.2. The lowest BCUT2D eigenvalue weighted by Crippen LogP contribution is -2.36. The highest BCUT2D eigenvalue weighted by Crippen LogP contribution is 2.35. The van der Waals surface area contributed by atoms with Crippen LogP contribution < -0.4 is 14.8 Å². The molecule has 3 amide bonds. The van der Waals surface area contributed by atoms with Crippen LogP contribution in [0, 0.1) is 0 Å². The Hall–Kier alpha value is -2.75. The van der Waals surface area contributed by atoms with E-state index >= 15 is 0 Å². The maximum Gasteiger partial charge on any atom is 0.294 e. The summed E-state index contributed by atoms with van der Waals surface area (Å²) in [4.78, 5) is 38.7. The first-order valence-electron chi connectivity index (χ1n) is 9.24. The van der Waals surface area contributed by atoms with Crippen molar-refractivity contribution in [1.82, 2.24) is 4.90 Å². The van der Waals surface area contributed by atoms with Crippen LogP contribution >= 0.6 is 39.3 Å². The highest BCUT2D eigenvalue weighted by atomic mass is 79.9. The van der Waals surface area contributed by atoms with Gasteiger partial charge in [-0.2, -0.15) is 0 Å². The van der Waals surface area contributed by atoms with Gasteiger partial charge in [-0.05, 0) is 54.2 Å². The third-order valence-corrected chi connectivity index (χ3v) is 5.92. The fourth-order valence-corrected chi connectivity index (χ4v) is 4.24. The van der Waals surface area contributed by atoms with Crippen LogP contribution in [0.1, 0.15) is 5.56 Å². The largest absolute Gasteiger partial charge is 0.495 e. The van der Waals surface area contributed by atoms with Crippen LogP contribution in [0.4, 0.5) is 10.5 Å². The number of nitrogens with zero attached hydrogens (tertiary/aromatic N) is 1. The number of rotatable bonds is 8. The van der Waals surface area contributed by atoms with E-state index in [1.54, 1.807) is 42.5 Å². The molecule has 0 saturated carbocycles. The highest BCUT2D eigenvalue weighted by molar-refractivity contribution is 9.10. The van der Waals surface area contributed by atoms with E-state index in [1.165, 1.54) is 13.2 Å². The molecule has 1 aliphatic rings. The van der Waals surface area contributed by atoms with Gasteiger partial charge in [-0.15, -0.1) is 0 Å². The molecule has 0 spiro atoms. The Labute approximate surface area is 202 Å². The molecule has 166 valence electrons. The summed E-state index contributed by atoms with van der Waals surface area (Å²) >= 11 is 10.2. The number of benzene rings is 2. The third kappa shape index (κ3) is 5.73. The van der Waals surface area contributed by atoms with E-state index in [-0.39, 0.29) is 4.91 Å². The Morgan fingerprint density at radius 1 is 1.25 bits per heavy atom. The Morgan fingerprint density at radius 2 is 2.00 bits per heavy atom. The van der Waals surface area contributed by atoms with Crippen molar-refractivity contribution >= 4 is 68.1 Å². The first-order chi connectivity index (χ1) is 15.3. The molecule has 3 rings (SSSR count). The minimum absolute atomic E-state index is 0.192. The van der Waals surface area contributed by atoms with Crippen molar-refractivity contribution < 1.29 is 23.9 Å². The topological polar surface area (TPSA) is 84.9 Å². The summed E-state index contributed by atoms with van der Waals surface area (Å²) in [5.41, 5.74) is 1.03. The number of amides is 3. The van der Waals surface area contributed by atoms with Crippen molar-refractivity contribution in [1.29, 1.82) is 0 Å². The third-order valence-electron chi connectivity index (χ3n) is 4.23. The molecule has 1 fully saturated rings. The molecule has 0 unspecified atom stereocenters. The van der Waals surface area contributed by atoms with Crippen molar-refractivity contribution in [2.75, 3.05) is 25.6 Å². The number of ether oxygens (including phenoxy) is 2. The van der Waals surface area contributed by atoms with Crippen molar-refractivity contribution in [2.24, 2.45) is 0 Å². The van der Waals surface area contributed by atoms with E-state index in [0.29, 0.717) is 34.4 Å². The zero-order valence-corrected chi connectivity index (χ0v) is 20.1. The molecule has 2 aromatic carbocycles. The summed E-state index contributed by atoms with van der Waals surface area (Å²) in [6, 6.07) is 10.0. The number of halogens is 2. The monoisotopic (exact) mass is 536 g/mol. The molecular formula is C22H18BrClN2O5S. The van der Waals surface area contributed by atoms with Gasteiger partial charge in [0.15, 0.2) is 0 Å². The average molecular weight is 538 g/mol. The van der Waals surface area contributed by atoms with Gasteiger partial charge in [0.25, 0.3) is 11.1 Å². The molecule has 0 bridgehead atoms. The molecule has 1 saturated heterocycles. The molecule has 32 heavy (non-hydrogen) atoms. The molecule has 0 aliphatic carbocycles. The normalized spacial score (nSPS) is 14.6. The molecule has 1 heterocycles. The fraction of sp³-hybridized carbons (Fsp3) is 0.136. The van der Waals surface area contributed by atoms with Crippen molar-refractivity contribution in [3.8, 4) is 11.5 Å². The molecule has 0 radical (unpaired) electrons. The molecule has 7 nitrogen and oxygen atoms in total. The lowest BCUT2D eigenvalue weighted by Gasteiger charge is -2.13. The quantitative estimate of drug-likeness (QED) is 0.361. The summed E-state index contributed by atoms with van der Waals surface area (Å²) in [5.74, 6) is -0.0939. The second-order valence-electron chi connectivity index (χ2n) is 6.45. The van der Waals surface area contributed by atoms with Crippen LogP contribution in [0.5, 0.6) is 11.5 Å². The predicted octanol–water partition coefficient (Wildman–Crippen LogP) is 5.35. The lowest BCUT2D eigenvalue weighted by molar-refractivity contribution is -0.127. The summed E-state index contributed by atoms with van der Waals surface area (Å²) in [5, 5.41) is 2.40. The molecule has 1 aliphatic heterocycles. The number of carbonyl (C=O) groups is 3. The minimum atomic E-state index is -0.558. The van der Waals surface area contributed by atoms with Crippen LogP contribution in [0.3, 0.4) is 0 Å². The first-order valence-corrected chi connectivity index (χ1v) is 11.2. The van der Waals surface area contributed by atoms with Crippen molar-refractivity contribution in [3.05, 3.63) is 69.0 Å². The van der Waals surface area contributed by atoms with Crippen LogP contribution in [-0.4, -0.2) is 42.2 Å². The second kappa shape index (κ2) is 10.7. The first kappa shape index (κ1) is 23.9. The smallest absolute Gasteiger partial charge is 0.294 e. The number of anilines is 1. The number of carbonyl (C=O) groups excluding carboxylic acids is 3. The van der Waals surface area contributed by atoms with Gasteiger partial charge in [-0.3, -0.25) is 19.3 Å². The summed E-state index contributed by atoms with van der Waals surface area (Å²) in [7, 11) is 1.48. The van der Waals surface area contributed by atoms with E-state index in [1.807, 2.05) is 0 Å². The van der Waals surface area contributed by atoms with Crippen molar-refractivity contribution in [3.63, 3.8) is 0 Å². The van der Waals surface area contributed by atoms with E-state index in [2.05, 4.69) is 27.8 Å². The molecule has 0 atom stereocenters. The van der Waals surface area contributed by atoms with E-state index in [9.17, 15) is 14.4 Å². The van der Waals surface area contributed by atoms with Crippen molar-refractivity contribution in [2.45, 2.75) is 0 Å². The number of imide groups is 1. The Morgan fingerprint density at radius 3 is 2.69 bits per heavy atom. The second-order valence-corrected chi connectivity index (χ2v) is 8.76. The number of hydrogen-bond acceptors (Lipinski definition) is 6. The number of hydrogen-bond donors (Lipinski definition) is 1. The van der Waals surface area contributed by atoms with Gasteiger partial charge < -0.3 is 14.8 Å². The Kier molecular flexibility index (Phi) is 8.00. The van der Waals surface area contributed by atoms with Gasteiger partial charge in [-0.1, -0.05) is 40.2 Å². The average Bonchev–Trinajstić information content (AvgIpc) is 3.00. The molecular weight excluding hydrogens is 520 g/mol. The van der Waals surface area contributed by atoms with Gasteiger partial charge in [0.2, 0.25) is 5.91 Å². The molecule has 10 heteroatoms. The van der Waals surface area contributed by atoms with E-state index < -0.39 is 23.6 Å². The maximum atomic E-state index is 12.8. The zero-order valence-electron chi connectivity index (χ0n) is 16.9. The standard InChI is InChI=1S/C22H18BrClN2O5S/c1-3-8-31-17-6-4-14(23)9-13(17)10-19-21(28)26(22(29)32-19)12-20(27)25-15-5-7-18(30-2)16(24)11-15/h3-7,9-11H,1,8,12H2,2H3,(H,25,27)/b19-10+. The van der Waals surface area contributed by atoms with E-state index in [4.69, 9.17) is 21.1 Å². The highest BCUT2D eigenvalue weighted by Gasteiger charge is 2.36. The number of nitrogens with one attached hydrogen (secondary N) is 1. The van der Waals surface area contributed by atoms with Crippen LogP contribution in [0.25, 0.3) is 6.08 Å². The van der Waals surface area contributed by atoms with Crippen LogP contribution in [0.2, 0.25) is 5.02 Å². The van der Waals surface area contributed by atoms with Gasteiger partial charge in [0.05, 0.1) is 17.0 Å². The van der Waals surface area contributed by atoms with Gasteiger partial charge >= 0.3 is 0 Å². The van der Waals surface area contributed by atoms with Gasteiger partial charge in [0.1, 0.15) is 24.7 Å². The van der Waals surface area contributed by atoms with Gasteiger partial charge in [-0.25, -0.2) is 0 Å². The zero-order chi connectivity index (χ0) is 23.3. The Balaban J connectivity index is 1.73. The summed E-state index contributed by atoms with van der Waals surface area (Å²) < 4.78 is 11.5. The minimum Gasteiger partial charge on any atom is -0.495 e. The fourth-order valence-electron chi connectivity index (χ4n) is 2.78. The maximum absolute atomic E-state index is 12.8. The molecule has 2 aromatic rings.